The summed E-state index contributed by atoms with van der Waals surface area (Å²) in [5.41, 5.74) is -2.89. The fourth-order valence-corrected chi connectivity index (χ4v) is 8.93. The smallest absolute Gasteiger partial charge is 0.329 e. The number of fused-ring (bicyclic) bond motifs is 5. The molecule has 8 atom stereocenters. The second-order valence-electron chi connectivity index (χ2n) is 14.1. The quantitative estimate of drug-likeness (QED) is 0.152. The summed E-state index contributed by atoms with van der Waals surface area (Å²) in [7, 11) is 0. The van der Waals surface area contributed by atoms with Gasteiger partial charge in [0.2, 0.25) is 11.7 Å². The molecule has 1 aromatic carbocycles. The van der Waals surface area contributed by atoms with Gasteiger partial charge in [0.15, 0.2) is 18.4 Å². The first-order valence-electron chi connectivity index (χ1n) is 16.1. The second kappa shape index (κ2) is 13.0. The summed E-state index contributed by atoms with van der Waals surface area (Å²) in [6.45, 7) is 3.02. The van der Waals surface area contributed by atoms with Crippen LogP contribution in [0.5, 0.6) is 0 Å². The molecule has 3 fully saturated rings. The number of carbonyl (C=O) groups is 6. The zero-order chi connectivity index (χ0) is 35.2. The maximum absolute atomic E-state index is 13.8. The highest BCUT2D eigenvalue weighted by Gasteiger charge is 2.68. The number of ketones is 3. The fourth-order valence-electron chi connectivity index (χ4n) is 8.93. The minimum atomic E-state index is -1.91. The topological polar surface area (TPSA) is 228 Å². The number of ether oxygens (including phenoxy) is 1. The number of carboxylic acid groups (broad SMARTS) is 1. The number of aliphatic carboxylic acids is 1. The van der Waals surface area contributed by atoms with Gasteiger partial charge in [-0.05, 0) is 61.0 Å². The van der Waals surface area contributed by atoms with E-state index in [0.29, 0.717) is 32.1 Å². The molecule has 4 aliphatic carbocycles. The van der Waals surface area contributed by atoms with Crippen molar-refractivity contribution >= 4 is 40.9 Å². The van der Waals surface area contributed by atoms with Crippen LogP contribution in [0, 0.1) is 38.7 Å². The third kappa shape index (κ3) is 6.07. The van der Waals surface area contributed by atoms with Crippen LogP contribution in [-0.4, -0.2) is 73.7 Å². The standard InChI is InChI=1S/C34H40N2O12/c1-32-12-10-21(37)15-19(32)6-7-22-23-11-13-34(45,33(23,2)16-24(38)28(22)32)25(39)17-48-27(41)9-8-26(40)35-29(31(43)44)30(42)18-4-3-5-20(14-18)36(46)47/h3-5,14-15,22-23,28-30,42,45H,6-13,16-17H2,1-2H3,(H,35,40)(H,43,44)/t22-,23+,28+,29-,30-,32+,33+,34+/m1/s1. The van der Waals surface area contributed by atoms with E-state index in [1.165, 1.54) is 12.1 Å². The van der Waals surface area contributed by atoms with E-state index in [1.807, 2.05) is 0 Å². The number of nitrogens with zero attached hydrogens (tertiary/aromatic N) is 1. The first kappa shape index (κ1) is 35.0. The first-order valence-corrected chi connectivity index (χ1v) is 16.1. The molecule has 1 amide bonds. The van der Waals surface area contributed by atoms with Crippen LogP contribution in [0.2, 0.25) is 0 Å². The van der Waals surface area contributed by atoms with Crippen LogP contribution in [0.15, 0.2) is 35.9 Å². The molecule has 4 aliphatic rings. The highest BCUT2D eigenvalue weighted by molar-refractivity contribution is 5.95. The zero-order valence-corrected chi connectivity index (χ0v) is 26.8. The van der Waals surface area contributed by atoms with Gasteiger partial charge in [-0.2, -0.15) is 0 Å². The summed E-state index contributed by atoms with van der Waals surface area (Å²) in [5, 5.41) is 45.0. The van der Waals surface area contributed by atoms with Gasteiger partial charge in [-0.3, -0.25) is 34.1 Å². The van der Waals surface area contributed by atoms with Crippen molar-refractivity contribution in [1.82, 2.24) is 5.32 Å². The predicted octanol–water partition coefficient (Wildman–Crippen LogP) is 2.53. The van der Waals surface area contributed by atoms with Crippen molar-refractivity contribution in [2.24, 2.45) is 28.6 Å². The largest absolute Gasteiger partial charge is 0.480 e. The number of amides is 1. The van der Waals surface area contributed by atoms with Gasteiger partial charge in [0.05, 0.1) is 11.3 Å². The lowest BCUT2D eigenvalue weighted by Gasteiger charge is -2.57. The van der Waals surface area contributed by atoms with Gasteiger partial charge >= 0.3 is 11.9 Å². The minimum Gasteiger partial charge on any atom is -0.480 e. The third-order valence-electron chi connectivity index (χ3n) is 11.5. The lowest BCUT2D eigenvalue weighted by atomic mass is 9.46. The van der Waals surface area contributed by atoms with Crippen molar-refractivity contribution in [3.63, 3.8) is 0 Å². The zero-order valence-electron chi connectivity index (χ0n) is 26.8. The van der Waals surface area contributed by atoms with E-state index < -0.39 is 76.6 Å². The number of aliphatic hydroxyl groups is 2. The lowest BCUT2D eigenvalue weighted by Crippen LogP contribution is -2.61. The molecule has 0 unspecified atom stereocenters. The Bertz CT molecular complexity index is 1600. The van der Waals surface area contributed by atoms with Gasteiger partial charge in [-0.15, -0.1) is 0 Å². The fraction of sp³-hybridized carbons (Fsp3) is 0.588. The normalized spacial score (nSPS) is 32.1. The molecule has 258 valence electrons. The molecule has 0 saturated heterocycles. The van der Waals surface area contributed by atoms with E-state index >= 15 is 0 Å². The molecule has 3 saturated carbocycles. The number of benzene rings is 1. The molecular weight excluding hydrogens is 628 g/mol. The van der Waals surface area contributed by atoms with Crippen molar-refractivity contribution in [2.45, 2.75) is 89.4 Å². The summed E-state index contributed by atoms with van der Waals surface area (Å²) in [4.78, 5) is 86.4. The summed E-state index contributed by atoms with van der Waals surface area (Å²) in [5.74, 6) is -4.68. The second-order valence-corrected chi connectivity index (χ2v) is 14.1. The number of carboxylic acids is 1. The van der Waals surface area contributed by atoms with E-state index in [1.54, 1.807) is 13.0 Å². The van der Waals surface area contributed by atoms with E-state index in [0.717, 1.165) is 17.7 Å². The van der Waals surface area contributed by atoms with Gasteiger partial charge in [0.1, 0.15) is 17.5 Å². The Morgan fingerprint density at radius 2 is 1.83 bits per heavy atom. The van der Waals surface area contributed by atoms with Crippen molar-refractivity contribution in [3.8, 4) is 0 Å². The maximum Gasteiger partial charge on any atom is 0.329 e. The number of esters is 1. The maximum atomic E-state index is 13.8. The van der Waals surface area contributed by atoms with Crippen LogP contribution in [0.4, 0.5) is 5.69 Å². The molecule has 0 heterocycles. The van der Waals surface area contributed by atoms with Gasteiger partial charge in [-0.1, -0.05) is 31.6 Å². The number of hydrogen-bond donors (Lipinski definition) is 4. The van der Waals surface area contributed by atoms with Crippen LogP contribution in [-0.2, 0) is 33.5 Å². The van der Waals surface area contributed by atoms with E-state index in [9.17, 15) is 54.2 Å². The van der Waals surface area contributed by atoms with Gasteiger partial charge in [-0.25, -0.2) is 4.79 Å². The van der Waals surface area contributed by atoms with Gasteiger partial charge in [0, 0.05) is 42.7 Å². The van der Waals surface area contributed by atoms with Crippen LogP contribution in [0.3, 0.4) is 0 Å². The molecule has 0 aromatic heterocycles. The van der Waals surface area contributed by atoms with Crippen molar-refractivity contribution < 1.29 is 53.7 Å². The van der Waals surface area contributed by atoms with Gasteiger partial charge in [0.25, 0.3) is 5.69 Å². The molecule has 0 spiro atoms. The summed E-state index contributed by atoms with van der Waals surface area (Å²) in [6, 6.07) is 2.77. The number of hydrogen-bond acceptors (Lipinski definition) is 11. The molecule has 5 rings (SSSR count). The number of non-ortho nitro benzene ring substituents is 1. The monoisotopic (exact) mass is 668 g/mol. The molecule has 1 aromatic rings. The Labute approximate surface area is 276 Å². The number of nitro benzene ring substituents is 1. The number of nitrogens with one attached hydrogen (secondary N) is 1. The number of rotatable bonds is 11. The average Bonchev–Trinajstić information content (AvgIpc) is 3.31. The summed E-state index contributed by atoms with van der Waals surface area (Å²) in [6.07, 6.45) is 1.71. The Balaban J connectivity index is 1.17. The Morgan fingerprint density at radius 3 is 2.52 bits per heavy atom. The van der Waals surface area contributed by atoms with E-state index in [2.05, 4.69) is 12.2 Å². The third-order valence-corrected chi connectivity index (χ3v) is 11.5. The highest BCUT2D eigenvalue weighted by atomic mass is 16.6. The molecule has 14 heteroatoms. The Hall–Kier alpha value is -4.30. The number of nitro groups is 1. The van der Waals surface area contributed by atoms with Crippen molar-refractivity contribution in [2.75, 3.05) is 6.61 Å². The predicted molar refractivity (Wildman–Crippen MR) is 165 cm³/mol. The van der Waals surface area contributed by atoms with Crippen molar-refractivity contribution in [1.29, 1.82) is 0 Å². The van der Waals surface area contributed by atoms with Crippen molar-refractivity contribution in [3.05, 3.63) is 51.6 Å². The van der Waals surface area contributed by atoms with E-state index in [-0.39, 0.29) is 53.4 Å². The Morgan fingerprint density at radius 1 is 1.10 bits per heavy atom. The average molecular weight is 669 g/mol. The van der Waals surface area contributed by atoms with Crippen LogP contribution < -0.4 is 5.32 Å². The summed E-state index contributed by atoms with van der Waals surface area (Å²) < 4.78 is 5.11. The molecule has 0 radical (unpaired) electrons. The van der Waals surface area contributed by atoms with Gasteiger partial charge < -0.3 is 25.4 Å². The molecule has 14 nitrogen and oxygen atoms in total. The van der Waals surface area contributed by atoms with E-state index in [4.69, 9.17) is 4.74 Å². The van der Waals surface area contributed by atoms with Crippen LogP contribution in [0.25, 0.3) is 0 Å². The number of Topliss-reactive ketones (excluding diaryl/α,β-unsaturated/α-hetero) is 2. The Kier molecular flexibility index (Phi) is 9.45. The number of carbonyl (C=O) groups excluding carboxylic acids is 5. The SMILES string of the molecule is C[C@]12CCC(=O)C=C1CC[C@H]1[C@H]2C(=O)C[C@@]2(C)[C@H]1CC[C@]2(O)C(=O)COC(=O)CCC(=O)N[C@@H](C(=O)O)[C@H](O)c1cccc([N+](=O)[O-])c1. The first-order chi connectivity index (χ1) is 22.5. The number of aliphatic hydroxyl groups excluding tert-OH is 1. The molecule has 4 N–H and O–H groups in total. The minimum absolute atomic E-state index is 0.0149. The molecule has 0 bridgehead atoms. The molecule has 48 heavy (non-hydrogen) atoms. The molecular formula is C34H40N2O12. The molecule has 0 aliphatic heterocycles. The lowest BCUT2D eigenvalue weighted by molar-refractivity contribution is -0.385. The van der Waals surface area contributed by atoms with Crippen LogP contribution in [0.1, 0.15) is 83.3 Å². The van der Waals surface area contributed by atoms with Crippen LogP contribution >= 0.6 is 0 Å². The highest BCUT2D eigenvalue weighted by Crippen LogP contribution is 2.66. The summed E-state index contributed by atoms with van der Waals surface area (Å²) >= 11 is 0. The number of allylic oxidation sites excluding steroid dienone is 1.